The van der Waals surface area contributed by atoms with Gasteiger partial charge in [0.2, 0.25) is 0 Å². The number of ether oxygens (including phenoxy) is 5. The van der Waals surface area contributed by atoms with E-state index in [-0.39, 0.29) is 36.0 Å². The predicted octanol–water partition coefficient (Wildman–Crippen LogP) is 3.34. The standard InChI is InChI=1S/C27H48N2O7/c1-7-34-24(30)20-10-14-23(15-11-20)35-27(28-16-8-9-17-28,25(31)36-26(2,3)4)29-21(18-32-5)12-13-22(29)19-33-6/h20-23H,7-19H2,1-6H3/t20?,21-,22+,23?,27?. The van der Waals surface area contributed by atoms with Crippen molar-refractivity contribution in [2.75, 3.05) is 47.1 Å². The molecule has 3 rings (SSSR count). The van der Waals surface area contributed by atoms with Crippen LogP contribution in [0.25, 0.3) is 0 Å². The Morgan fingerprint density at radius 1 is 0.861 bits per heavy atom. The minimum absolute atomic E-state index is 0.000797. The largest absolute Gasteiger partial charge is 0.466 e. The molecule has 0 N–H and O–H groups in total. The highest BCUT2D eigenvalue weighted by atomic mass is 16.6. The highest BCUT2D eigenvalue weighted by Crippen LogP contribution is 2.42. The maximum absolute atomic E-state index is 14.3. The first kappa shape index (κ1) is 29.3. The van der Waals surface area contributed by atoms with Crippen LogP contribution < -0.4 is 0 Å². The highest BCUT2D eigenvalue weighted by Gasteiger charge is 2.60. The van der Waals surface area contributed by atoms with Gasteiger partial charge in [-0.1, -0.05) is 0 Å². The van der Waals surface area contributed by atoms with Crippen molar-refractivity contribution in [3.8, 4) is 0 Å². The van der Waals surface area contributed by atoms with E-state index in [0.29, 0.717) is 45.5 Å². The summed E-state index contributed by atoms with van der Waals surface area (Å²) in [5, 5.41) is 0. The summed E-state index contributed by atoms with van der Waals surface area (Å²) in [5.41, 5.74) is -0.666. The van der Waals surface area contributed by atoms with Gasteiger partial charge < -0.3 is 23.7 Å². The molecule has 2 heterocycles. The molecular weight excluding hydrogens is 464 g/mol. The molecular formula is C27H48N2O7. The molecule has 3 atom stereocenters. The molecule has 3 aliphatic rings. The van der Waals surface area contributed by atoms with Crippen LogP contribution in [-0.2, 0) is 33.3 Å². The van der Waals surface area contributed by atoms with E-state index in [2.05, 4.69) is 9.80 Å². The Morgan fingerprint density at radius 3 is 1.89 bits per heavy atom. The zero-order valence-corrected chi connectivity index (χ0v) is 23.3. The monoisotopic (exact) mass is 512 g/mol. The van der Waals surface area contributed by atoms with Crippen LogP contribution in [0.2, 0.25) is 0 Å². The Bertz CT molecular complexity index is 699. The van der Waals surface area contributed by atoms with E-state index in [4.69, 9.17) is 23.7 Å². The van der Waals surface area contributed by atoms with Crippen LogP contribution in [0, 0.1) is 5.92 Å². The van der Waals surface area contributed by atoms with Crippen LogP contribution in [0.15, 0.2) is 0 Å². The van der Waals surface area contributed by atoms with Gasteiger partial charge in [-0.2, -0.15) is 0 Å². The lowest BCUT2D eigenvalue weighted by atomic mass is 9.87. The summed E-state index contributed by atoms with van der Waals surface area (Å²) in [6.07, 6.45) is 6.38. The van der Waals surface area contributed by atoms with Crippen molar-refractivity contribution in [3.05, 3.63) is 0 Å². The molecule has 1 aliphatic carbocycles. The summed E-state index contributed by atoms with van der Waals surface area (Å²) in [6, 6.07) is -0.00159. The summed E-state index contributed by atoms with van der Waals surface area (Å²) < 4.78 is 29.6. The Morgan fingerprint density at radius 2 is 1.42 bits per heavy atom. The van der Waals surface area contributed by atoms with E-state index in [1.54, 1.807) is 14.2 Å². The molecule has 0 aromatic heterocycles. The Labute approximate surface area is 217 Å². The third-order valence-electron chi connectivity index (χ3n) is 7.51. The molecule has 0 spiro atoms. The number of esters is 2. The van der Waals surface area contributed by atoms with Crippen molar-refractivity contribution in [2.24, 2.45) is 5.92 Å². The number of hydrogen-bond acceptors (Lipinski definition) is 9. The normalized spacial score (nSPS) is 29.7. The van der Waals surface area contributed by atoms with Crippen molar-refractivity contribution in [2.45, 2.75) is 109 Å². The molecule has 36 heavy (non-hydrogen) atoms. The topological polar surface area (TPSA) is 86.8 Å². The lowest BCUT2D eigenvalue weighted by molar-refractivity contribution is -0.290. The molecule has 0 aromatic carbocycles. The SMILES string of the molecule is CCOC(=O)C1CCC(OC(C(=O)OC(C)(C)C)(N2CCCC2)N2[C@@H](COC)CC[C@H]2COC)CC1. The molecule has 1 saturated carbocycles. The third-order valence-corrected chi connectivity index (χ3v) is 7.51. The van der Waals surface area contributed by atoms with Crippen molar-refractivity contribution in [1.82, 2.24) is 9.80 Å². The first-order chi connectivity index (χ1) is 17.2. The second-order valence-corrected chi connectivity index (χ2v) is 11.4. The number of carbonyl (C=O) groups is 2. The van der Waals surface area contributed by atoms with Crippen LogP contribution >= 0.6 is 0 Å². The van der Waals surface area contributed by atoms with E-state index < -0.39 is 11.4 Å². The van der Waals surface area contributed by atoms with Crippen LogP contribution in [0.5, 0.6) is 0 Å². The highest BCUT2D eigenvalue weighted by molar-refractivity contribution is 5.79. The number of likely N-dealkylation sites (tertiary alicyclic amines) is 2. The maximum Gasteiger partial charge on any atom is 0.371 e. The van der Waals surface area contributed by atoms with Gasteiger partial charge in [0.25, 0.3) is 5.85 Å². The number of rotatable bonds is 11. The predicted molar refractivity (Wildman–Crippen MR) is 135 cm³/mol. The van der Waals surface area contributed by atoms with Gasteiger partial charge in [0.05, 0.1) is 31.8 Å². The van der Waals surface area contributed by atoms with Crippen molar-refractivity contribution in [3.63, 3.8) is 0 Å². The first-order valence-electron chi connectivity index (χ1n) is 13.8. The molecule has 208 valence electrons. The molecule has 0 bridgehead atoms. The second kappa shape index (κ2) is 13.0. The molecule has 2 aliphatic heterocycles. The average molecular weight is 513 g/mol. The summed E-state index contributed by atoms with van der Waals surface area (Å²) in [6.45, 7) is 10.4. The molecule has 0 amide bonds. The van der Waals surface area contributed by atoms with E-state index in [9.17, 15) is 9.59 Å². The molecule has 2 saturated heterocycles. The van der Waals surface area contributed by atoms with Crippen molar-refractivity contribution < 1.29 is 33.3 Å². The molecule has 9 heteroatoms. The zero-order valence-electron chi connectivity index (χ0n) is 23.3. The van der Waals surface area contributed by atoms with Gasteiger partial charge in [0.1, 0.15) is 5.60 Å². The third kappa shape index (κ3) is 6.78. The smallest absolute Gasteiger partial charge is 0.371 e. The van der Waals surface area contributed by atoms with Crippen LogP contribution in [-0.4, -0.2) is 98.5 Å². The molecule has 0 aromatic rings. The average Bonchev–Trinajstić information content (AvgIpc) is 3.49. The molecule has 3 fully saturated rings. The van der Waals surface area contributed by atoms with Gasteiger partial charge in [-0.25, -0.2) is 9.69 Å². The summed E-state index contributed by atoms with van der Waals surface area (Å²) in [7, 11) is 3.40. The minimum atomic E-state index is -1.37. The number of methoxy groups -OCH3 is 2. The number of hydrogen-bond donors (Lipinski definition) is 0. The lowest BCUT2D eigenvalue weighted by Crippen LogP contribution is -2.72. The molecule has 9 nitrogen and oxygen atoms in total. The molecule has 1 unspecified atom stereocenters. The van der Waals surface area contributed by atoms with E-state index in [1.807, 2.05) is 27.7 Å². The van der Waals surface area contributed by atoms with Gasteiger partial charge in [-0.15, -0.1) is 0 Å². The summed E-state index contributed by atoms with van der Waals surface area (Å²) in [4.78, 5) is 31.0. The second-order valence-electron chi connectivity index (χ2n) is 11.4. The zero-order chi connectivity index (χ0) is 26.3. The van der Waals surface area contributed by atoms with E-state index >= 15 is 0 Å². The lowest BCUT2D eigenvalue weighted by Gasteiger charge is -2.51. The Balaban J connectivity index is 1.98. The van der Waals surface area contributed by atoms with Crippen LogP contribution in [0.1, 0.15) is 79.1 Å². The fraction of sp³-hybridized carbons (Fsp3) is 0.926. The Kier molecular flexibility index (Phi) is 10.6. The molecule has 0 radical (unpaired) electrons. The summed E-state index contributed by atoms with van der Waals surface area (Å²) >= 11 is 0. The maximum atomic E-state index is 14.3. The fourth-order valence-corrected chi connectivity index (χ4v) is 6.02. The van der Waals surface area contributed by atoms with Crippen molar-refractivity contribution >= 4 is 11.9 Å². The van der Waals surface area contributed by atoms with Gasteiger partial charge in [0, 0.05) is 39.4 Å². The minimum Gasteiger partial charge on any atom is -0.466 e. The van der Waals surface area contributed by atoms with Crippen molar-refractivity contribution in [1.29, 1.82) is 0 Å². The van der Waals surface area contributed by atoms with Gasteiger partial charge >= 0.3 is 11.9 Å². The van der Waals surface area contributed by atoms with Crippen LogP contribution in [0.3, 0.4) is 0 Å². The van der Waals surface area contributed by atoms with Gasteiger partial charge in [-0.05, 0) is 79.1 Å². The quantitative estimate of drug-likeness (QED) is 0.387. The number of carbonyl (C=O) groups excluding carboxylic acids is 2. The van der Waals surface area contributed by atoms with Crippen LogP contribution in [0.4, 0.5) is 0 Å². The summed E-state index contributed by atoms with van der Waals surface area (Å²) in [5.74, 6) is -1.97. The van der Waals surface area contributed by atoms with Gasteiger partial charge in [-0.3, -0.25) is 9.69 Å². The first-order valence-corrected chi connectivity index (χ1v) is 13.8. The fourth-order valence-electron chi connectivity index (χ4n) is 6.02. The Hall–Kier alpha value is -1.26. The van der Waals surface area contributed by atoms with E-state index in [0.717, 1.165) is 38.8 Å². The van der Waals surface area contributed by atoms with E-state index in [1.165, 1.54) is 0 Å². The van der Waals surface area contributed by atoms with Gasteiger partial charge in [0.15, 0.2) is 0 Å². The number of nitrogens with zero attached hydrogens (tertiary/aromatic N) is 2.